The van der Waals surface area contributed by atoms with Crippen molar-refractivity contribution in [3.8, 4) is 0 Å². The number of hydrogen-bond donors (Lipinski definition) is 1. The number of carbonyl (C=O) groups excluding carboxylic acids is 1. The van der Waals surface area contributed by atoms with Gasteiger partial charge in [0.1, 0.15) is 5.82 Å². The van der Waals surface area contributed by atoms with Crippen LogP contribution in [0.3, 0.4) is 0 Å². The zero-order valence-corrected chi connectivity index (χ0v) is 11.0. The molecule has 0 radical (unpaired) electrons. The van der Waals surface area contributed by atoms with E-state index in [-0.39, 0.29) is 5.56 Å². The Morgan fingerprint density at radius 1 is 1.39 bits per heavy atom. The molecule has 0 fully saturated rings. The van der Waals surface area contributed by atoms with Crippen molar-refractivity contribution in [2.24, 2.45) is 0 Å². The van der Waals surface area contributed by atoms with Gasteiger partial charge in [-0.25, -0.2) is 4.39 Å². The van der Waals surface area contributed by atoms with E-state index in [1.54, 1.807) is 11.3 Å². The number of hydrogen-bond acceptors (Lipinski definition) is 2. The normalized spacial score (nSPS) is 10.3. The zero-order chi connectivity index (χ0) is 13.0. The Bertz CT molecular complexity index is 542. The highest BCUT2D eigenvalue weighted by molar-refractivity contribution is 7.09. The molecule has 2 aromatic rings. The molecule has 0 bridgehead atoms. The second-order valence-electron chi connectivity index (χ2n) is 3.71. The van der Waals surface area contributed by atoms with Crippen LogP contribution in [0.25, 0.3) is 0 Å². The molecule has 0 aliphatic rings. The van der Waals surface area contributed by atoms with Crippen LogP contribution in [-0.2, 0) is 6.42 Å². The first-order valence-electron chi connectivity index (χ1n) is 5.42. The molecule has 0 atom stereocenters. The lowest BCUT2D eigenvalue weighted by atomic mass is 10.2. The molecule has 1 aromatic carbocycles. The average molecular weight is 284 g/mol. The highest BCUT2D eigenvalue weighted by Gasteiger charge is 2.11. The molecule has 94 valence electrons. The summed E-state index contributed by atoms with van der Waals surface area (Å²) in [6, 6.07) is 7.89. The second kappa shape index (κ2) is 5.98. The van der Waals surface area contributed by atoms with E-state index in [9.17, 15) is 9.18 Å². The summed E-state index contributed by atoms with van der Waals surface area (Å²) in [6.07, 6.45) is 0.742. The lowest BCUT2D eigenvalue weighted by Gasteiger charge is -2.05. The third kappa shape index (κ3) is 3.31. The van der Waals surface area contributed by atoms with Crippen LogP contribution in [0.4, 0.5) is 4.39 Å². The standard InChI is InChI=1S/C13H11ClFNOS/c14-9-3-4-12(15)11(8-9)13(17)16-6-5-10-2-1-7-18-10/h1-4,7-8H,5-6H2,(H,16,17). The molecule has 5 heteroatoms. The monoisotopic (exact) mass is 283 g/mol. The van der Waals surface area contributed by atoms with E-state index >= 15 is 0 Å². The lowest BCUT2D eigenvalue weighted by molar-refractivity contribution is 0.0950. The van der Waals surface area contributed by atoms with E-state index in [0.717, 1.165) is 6.42 Å². The fourth-order valence-electron chi connectivity index (χ4n) is 1.52. The van der Waals surface area contributed by atoms with E-state index in [1.807, 2.05) is 17.5 Å². The Labute approximate surface area is 113 Å². The Balaban J connectivity index is 1.93. The molecule has 1 heterocycles. The third-order valence-electron chi connectivity index (χ3n) is 2.41. The van der Waals surface area contributed by atoms with Gasteiger partial charge in [0, 0.05) is 16.4 Å². The number of halogens is 2. The number of carbonyl (C=O) groups is 1. The van der Waals surface area contributed by atoms with Crippen LogP contribution in [0, 0.1) is 5.82 Å². The van der Waals surface area contributed by atoms with Crippen LogP contribution in [0.15, 0.2) is 35.7 Å². The predicted molar refractivity (Wildman–Crippen MR) is 71.8 cm³/mol. The minimum Gasteiger partial charge on any atom is -0.352 e. The van der Waals surface area contributed by atoms with Crippen LogP contribution >= 0.6 is 22.9 Å². The van der Waals surface area contributed by atoms with Gasteiger partial charge in [-0.05, 0) is 36.1 Å². The van der Waals surface area contributed by atoms with Gasteiger partial charge in [0.15, 0.2) is 0 Å². The summed E-state index contributed by atoms with van der Waals surface area (Å²) in [6.45, 7) is 0.477. The van der Waals surface area contributed by atoms with Crippen molar-refractivity contribution >= 4 is 28.8 Å². The van der Waals surface area contributed by atoms with Crippen LogP contribution in [-0.4, -0.2) is 12.5 Å². The summed E-state index contributed by atoms with van der Waals surface area (Å²) in [7, 11) is 0. The fraction of sp³-hybridized carbons (Fsp3) is 0.154. The number of rotatable bonds is 4. The van der Waals surface area contributed by atoms with E-state index in [2.05, 4.69) is 5.32 Å². The second-order valence-corrected chi connectivity index (χ2v) is 5.18. The molecular formula is C13H11ClFNOS. The zero-order valence-electron chi connectivity index (χ0n) is 9.45. The van der Waals surface area contributed by atoms with Gasteiger partial charge in [-0.1, -0.05) is 17.7 Å². The molecule has 2 rings (SSSR count). The summed E-state index contributed by atoms with van der Waals surface area (Å²) in [5.74, 6) is -1.00. The SMILES string of the molecule is O=C(NCCc1cccs1)c1cc(Cl)ccc1F. The number of nitrogens with one attached hydrogen (secondary N) is 1. The van der Waals surface area contributed by atoms with E-state index < -0.39 is 11.7 Å². The van der Waals surface area contributed by atoms with E-state index in [4.69, 9.17) is 11.6 Å². The quantitative estimate of drug-likeness (QED) is 0.914. The minimum absolute atomic E-state index is 0.0197. The topological polar surface area (TPSA) is 29.1 Å². The highest BCUT2D eigenvalue weighted by Crippen LogP contribution is 2.15. The first-order chi connectivity index (χ1) is 8.66. The van der Waals surface area contributed by atoms with Crippen molar-refractivity contribution in [3.05, 3.63) is 57.0 Å². The molecule has 0 saturated carbocycles. The average Bonchev–Trinajstić information content (AvgIpc) is 2.85. The van der Waals surface area contributed by atoms with Crippen molar-refractivity contribution in [3.63, 3.8) is 0 Å². The smallest absolute Gasteiger partial charge is 0.254 e. The van der Waals surface area contributed by atoms with Gasteiger partial charge >= 0.3 is 0 Å². The third-order valence-corrected chi connectivity index (χ3v) is 3.58. The van der Waals surface area contributed by atoms with E-state index in [1.165, 1.54) is 23.1 Å². The van der Waals surface area contributed by atoms with Crippen LogP contribution in [0.5, 0.6) is 0 Å². The first-order valence-corrected chi connectivity index (χ1v) is 6.68. The van der Waals surface area contributed by atoms with Crippen LogP contribution in [0.2, 0.25) is 5.02 Å². The summed E-state index contributed by atoms with van der Waals surface area (Å²) in [5.41, 5.74) is -0.0197. The Morgan fingerprint density at radius 2 is 2.22 bits per heavy atom. The van der Waals surface area contributed by atoms with Gasteiger partial charge in [0.25, 0.3) is 5.91 Å². The Kier molecular flexibility index (Phi) is 4.33. The molecule has 2 nitrogen and oxygen atoms in total. The number of amides is 1. The van der Waals surface area contributed by atoms with Gasteiger partial charge < -0.3 is 5.32 Å². The Morgan fingerprint density at radius 3 is 2.94 bits per heavy atom. The molecule has 0 saturated heterocycles. The number of benzene rings is 1. The van der Waals surface area contributed by atoms with Gasteiger partial charge in [0.2, 0.25) is 0 Å². The highest BCUT2D eigenvalue weighted by atomic mass is 35.5. The molecule has 18 heavy (non-hydrogen) atoms. The summed E-state index contributed by atoms with van der Waals surface area (Å²) >= 11 is 7.36. The van der Waals surface area contributed by atoms with Crippen LogP contribution < -0.4 is 5.32 Å². The fourth-order valence-corrected chi connectivity index (χ4v) is 2.40. The summed E-state index contributed by atoms with van der Waals surface area (Å²) in [4.78, 5) is 12.9. The maximum atomic E-state index is 13.4. The summed E-state index contributed by atoms with van der Waals surface area (Å²) < 4.78 is 13.4. The molecule has 1 N–H and O–H groups in total. The maximum Gasteiger partial charge on any atom is 0.254 e. The van der Waals surface area contributed by atoms with Gasteiger partial charge in [-0.2, -0.15) is 0 Å². The summed E-state index contributed by atoms with van der Waals surface area (Å²) in [5, 5.41) is 5.00. The van der Waals surface area contributed by atoms with Crippen molar-refractivity contribution in [2.75, 3.05) is 6.54 Å². The lowest BCUT2D eigenvalue weighted by Crippen LogP contribution is -2.26. The maximum absolute atomic E-state index is 13.4. The predicted octanol–water partition coefficient (Wildman–Crippen LogP) is 3.51. The first kappa shape index (κ1) is 13.1. The van der Waals surface area contributed by atoms with Gasteiger partial charge in [0.05, 0.1) is 5.56 Å². The van der Waals surface area contributed by atoms with Gasteiger partial charge in [-0.3, -0.25) is 4.79 Å². The van der Waals surface area contributed by atoms with Crippen molar-refractivity contribution in [1.29, 1.82) is 0 Å². The van der Waals surface area contributed by atoms with Crippen molar-refractivity contribution < 1.29 is 9.18 Å². The molecule has 1 aromatic heterocycles. The van der Waals surface area contributed by atoms with E-state index in [0.29, 0.717) is 11.6 Å². The van der Waals surface area contributed by atoms with Gasteiger partial charge in [-0.15, -0.1) is 11.3 Å². The molecule has 0 aliphatic heterocycles. The van der Waals surface area contributed by atoms with Crippen molar-refractivity contribution in [1.82, 2.24) is 5.32 Å². The largest absolute Gasteiger partial charge is 0.352 e. The number of thiophene rings is 1. The molecule has 0 unspecified atom stereocenters. The Hall–Kier alpha value is -1.39. The molecule has 1 amide bonds. The van der Waals surface area contributed by atoms with Crippen LogP contribution in [0.1, 0.15) is 15.2 Å². The molecule has 0 spiro atoms. The molecule has 0 aliphatic carbocycles. The minimum atomic E-state index is -0.562. The molecular weight excluding hydrogens is 273 g/mol. The van der Waals surface area contributed by atoms with Crippen molar-refractivity contribution in [2.45, 2.75) is 6.42 Å².